The Balaban J connectivity index is 2.03. The smallest absolute Gasteiger partial charge is 0.178 e. The second-order valence-electron chi connectivity index (χ2n) is 7.64. The van der Waals surface area contributed by atoms with E-state index in [1.54, 1.807) is 12.1 Å². The lowest BCUT2D eigenvalue weighted by Gasteiger charge is -2.30. The summed E-state index contributed by atoms with van der Waals surface area (Å²) in [6, 6.07) is 27.2. The third-order valence-corrected chi connectivity index (χ3v) is 5.32. The predicted octanol–water partition coefficient (Wildman–Crippen LogP) is 6.28. The second-order valence-corrected chi connectivity index (χ2v) is 7.64. The van der Waals surface area contributed by atoms with Crippen LogP contribution in [0.4, 0.5) is 0 Å². The molecule has 0 spiro atoms. The van der Waals surface area contributed by atoms with Crippen molar-refractivity contribution in [3.8, 4) is 5.75 Å². The average molecular weight is 328 g/mol. The van der Waals surface area contributed by atoms with Crippen LogP contribution in [0.1, 0.15) is 49.9 Å². The molecule has 25 heavy (non-hydrogen) atoms. The van der Waals surface area contributed by atoms with Gasteiger partial charge in [0.25, 0.3) is 0 Å². The first-order valence-corrected chi connectivity index (χ1v) is 8.67. The van der Waals surface area contributed by atoms with Crippen molar-refractivity contribution >= 4 is 0 Å². The Kier molecular flexibility index (Phi) is 4.43. The van der Waals surface area contributed by atoms with E-state index in [-0.39, 0.29) is 16.6 Å². The fourth-order valence-electron chi connectivity index (χ4n) is 3.31. The lowest BCUT2D eigenvalue weighted by molar-refractivity contribution is 0.354. The highest BCUT2D eigenvalue weighted by molar-refractivity contribution is 5.45. The van der Waals surface area contributed by atoms with Gasteiger partial charge in [-0.15, -0.1) is 0 Å². The molecular weight excluding hydrogens is 304 g/mol. The van der Waals surface area contributed by atoms with Gasteiger partial charge >= 0.3 is 0 Å². The number of hydrogen-bond acceptors (Lipinski definition) is 0. The van der Waals surface area contributed by atoms with Crippen molar-refractivity contribution in [1.82, 2.24) is 0 Å². The summed E-state index contributed by atoms with van der Waals surface area (Å²) in [5, 5.41) is 11.4. The van der Waals surface area contributed by atoms with E-state index in [2.05, 4.69) is 70.2 Å². The van der Waals surface area contributed by atoms with Crippen molar-refractivity contribution in [3.63, 3.8) is 0 Å². The molecule has 0 aliphatic carbocycles. The molecule has 0 atom stereocenters. The van der Waals surface area contributed by atoms with E-state index in [0.717, 1.165) is 5.56 Å². The molecule has 0 bridgehead atoms. The molecular formula is C24H24O. The molecule has 0 unspecified atom stereocenters. The van der Waals surface area contributed by atoms with E-state index in [9.17, 15) is 5.11 Å². The Hall–Kier alpha value is -2.54. The molecule has 3 aromatic rings. The summed E-state index contributed by atoms with van der Waals surface area (Å²) in [6.45, 7) is 8.91. The minimum atomic E-state index is -0.162. The molecule has 0 amide bonds. The molecule has 0 aromatic heterocycles. The molecule has 0 fully saturated rings. The van der Waals surface area contributed by atoms with Gasteiger partial charge in [-0.1, -0.05) is 88.4 Å². The number of rotatable bonds is 4. The minimum Gasteiger partial charge on any atom is -0.290 e. The van der Waals surface area contributed by atoms with Crippen molar-refractivity contribution in [2.45, 2.75) is 38.5 Å². The van der Waals surface area contributed by atoms with Gasteiger partial charge in [0.05, 0.1) is 0 Å². The Morgan fingerprint density at radius 2 is 1.12 bits per heavy atom. The molecule has 0 aliphatic rings. The summed E-state index contributed by atoms with van der Waals surface area (Å²) in [4.78, 5) is 0. The van der Waals surface area contributed by atoms with E-state index in [0.29, 0.717) is 0 Å². The predicted molar refractivity (Wildman–Crippen MR) is 103 cm³/mol. The summed E-state index contributed by atoms with van der Waals surface area (Å²) < 4.78 is 0. The Bertz CT molecular complexity index is 843. The standard InChI is InChI=1S/C24H24O/c1-23(2,18-9-6-5-7-10-18)20-11-8-12-21(17-20)24(3,4)19-13-15-22(25)16-14-19/h6-17H,1-4H3. The Labute approximate surface area is 151 Å². The minimum absolute atomic E-state index is 0.0512. The molecule has 0 aliphatic heterocycles. The van der Waals surface area contributed by atoms with Crippen molar-refractivity contribution in [2.24, 2.45) is 0 Å². The van der Waals surface area contributed by atoms with E-state index < -0.39 is 0 Å². The third kappa shape index (κ3) is 3.32. The first-order valence-electron chi connectivity index (χ1n) is 8.67. The maximum absolute atomic E-state index is 11.4. The normalized spacial score (nSPS) is 12.2. The topological polar surface area (TPSA) is 19.9 Å². The van der Waals surface area contributed by atoms with Crippen LogP contribution in [0.15, 0.2) is 72.8 Å². The highest BCUT2D eigenvalue weighted by atomic mass is 16.3. The summed E-state index contributed by atoms with van der Waals surface area (Å²) in [6.07, 6.45) is 0. The van der Waals surface area contributed by atoms with Crippen LogP contribution < -0.4 is 0 Å². The average Bonchev–Trinajstić information content (AvgIpc) is 2.63. The van der Waals surface area contributed by atoms with Crippen molar-refractivity contribution < 1.29 is 5.11 Å². The zero-order chi connectivity index (χ0) is 18.1. The van der Waals surface area contributed by atoms with Crippen LogP contribution in [0.3, 0.4) is 0 Å². The number of benzene rings is 3. The summed E-state index contributed by atoms with van der Waals surface area (Å²) in [7, 11) is 0. The van der Waals surface area contributed by atoms with Crippen LogP contribution in [0.5, 0.6) is 5.75 Å². The molecule has 1 nitrogen and oxygen atoms in total. The molecule has 0 N–H and O–H groups in total. The van der Waals surface area contributed by atoms with Crippen LogP contribution >= 0.6 is 0 Å². The zero-order valence-electron chi connectivity index (χ0n) is 15.3. The van der Waals surface area contributed by atoms with Crippen molar-refractivity contribution in [2.75, 3.05) is 0 Å². The quantitative estimate of drug-likeness (QED) is 0.537. The monoisotopic (exact) mass is 328 g/mol. The van der Waals surface area contributed by atoms with Gasteiger partial charge in [0, 0.05) is 10.8 Å². The first-order chi connectivity index (χ1) is 11.8. The van der Waals surface area contributed by atoms with Crippen molar-refractivity contribution in [3.05, 3.63) is 101 Å². The van der Waals surface area contributed by atoms with Gasteiger partial charge in [-0.2, -0.15) is 0 Å². The molecule has 1 heteroatoms. The highest BCUT2D eigenvalue weighted by Gasteiger charge is 2.27. The molecule has 3 aromatic carbocycles. The van der Waals surface area contributed by atoms with Gasteiger partial charge in [-0.25, -0.2) is 0 Å². The third-order valence-electron chi connectivity index (χ3n) is 5.32. The molecule has 0 saturated heterocycles. The van der Waals surface area contributed by atoms with E-state index in [4.69, 9.17) is 0 Å². The van der Waals surface area contributed by atoms with Gasteiger partial charge in [-0.05, 0) is 40.5 Å². The molecule has 2 radical (unpaired) electrons. The second kappa shape index (κ2) is 6.40. The van der Waals surface area contributed by atoms with Gasteiger partial charge in [-0.3, -0.25) is 5.11 Å². The van der Waals surface area contributed by atoms with Gasteiger partial charge in [0.2, 0.25) is 0 Å². The lowest BCUT2D eigenvalue weighted by Crippen LogP contribution is -2.22. The van der Waals surface area contributed by atoms with Gasteiger partial charge in [0.15, 0.2) is 5.75 Å². The largest absolute Gasteiger partial charge is 0.290 e. The van der Waals surface area contributed by atoms with Crippen LogP contribution in [-0.4, -0.2) is 0 Å². The van der Waals surface area contributed by atoms with Crippen LogP contribution in [0.2, 0.25) is 0 Å². The van der Waals surface area contributed by atoms with E-state index >= 15 is 0 Å². The van der Waals surface area contributed by atoms with E-state index in [1.807, 2.05) is 24.3 Å². The molecule has 3 rings (SSSR count). The van der Waals surface area contributed by atoms with Gasteiger partial charge < -0.3 is 0 Å². The fraction of sp³-hybridized carbons (Fsp3) is 0.250. The van der Waals surface area contributed by atoms with Crippen LogP contribution in [0, 0.1) is 6.07 Å². The molecule has 126 valence electrons. The summed E-state index contributed by atoms with van der Waals surface area (Å²) >= 11 is 0. The zero-order valence-corrected chi connectivity index (χ0v) is 15.3. The summed E-state index contributed by atoms with van der Waals surface area (Å²) in [5.41, 5.74) is 4.71. The SMILES string of the molecule is CC(C)(c1cc[c]cc1)c1cccc(C(C)(C)c2ccc([O])cc2)c1. The molecule has 0 saturated carbocycles. The van der Waals surface area contributed by atoms with Crippen LogP contribution in [0.25, 0.3) is 0 Å². The van der Waals surface area contributed by atoms with Crippen LogP contribution in [-0.2, 0) is 15.9 Å². The Morgan fingerprint density at radius 3 is 1.64 bits per heavy atom. The maximum atomic E-state index is 11.4. The first kappa shape index (κ1) is 17.3. The Morgan fingerprint density at radius 1 is 0.640 bits per heavy atom. The number of hydrogen-bond donors (Lipinski definition) is 0. The highest BCUT2D eigenvalue weighted by Crippen LogP contribution is 2.37. The fourth-order valence-corrected chi connectivity index (χ4v) is 3.31. The summed E-state index contributed by atoms with van der Waals surface area (Å²) in [5.74, 6) is 0.0512. The van der Waals surface area contributed by atoms with Gasteiger partial charge in [0.1, 0.15) is 0 Å². The maximum Gasteiger partial charge on any atom is 0.178 e. The molecule has 0 heterocycles. The van der Waals surface area contributed by atoms with E-state index in [1.165, 1.54) is 16.7 Å². The van der Waals surface area contributed by atoms with Crippen molar-refractivity contribution in [1.29, 1.82) is 0 Å². The lowest BCUT2D eigenvalue weighted by atomic mass is 9.73.